The molecule has 3 atom stereocenters. The fourth-order valence-corrected chi connectivity index (χ4v) is 3.95. The van der Waals surface area contributed by atoms with Crippen molar-refractivity contribution in [2.75, 3.05) is 6.54 Å². The highest BCUT2D eigenvalue weighted by molar-refractivity contribution is 5.25. The summed E-state index contributed by atoms with van der Waals surface area (Å²) in [6.45, 7) is 3.28. The topological polar surface area (TPSA) is 50.1 Å². The van der Waals surface area contributed by atoms with Crippen LogP contribution in [0.4, 0.5) is 0 Å². The van der Waals surface area contributed by atoms with E-state index in [9.17, 15) is 5.11 Å². The maximum absolute atomic E-state index is 10.5. The largest absolute Gasteiger partial charge is 0.391 e. The highest BCUT2D eigenvalue weighted by atomic mass is 16.3. The molecule has 0 aromatic carbocycles. The van der Waals surface area contributed by atoms with E-state index in [4.69, 9.17) is 0 Å². The summed E-state index contributed by atoms with van der Waals surface area (Å²) in [5.41, 5.74) is 2.76. The van der Waals surface area contributed by atoms with Crippen molar-refractivity contribution in [3.8, 4) is 0 Å². The standard InChI is InChI=1S/C17H29N3O/c1-2-11-18-14-7-6-9-15-13(14)12-19-20(15)16-8-4-3-5-10-17(16)21/h12,14,16-18,21H,2-11H2,1H3. The van der Waals surface area contributed by atoms with Gasteiger partial charge >= 0.3 is 0 Å². The summed E-state index contributed by atoms with van der Waals surface area (Å²) >= 11 is 0. The first-order valence-corrected chi connectivity index (χ1v) is 8.79. The summed E-state index contributed by atoms with van der Waals surface area (Å²) in [5, 5.41) is 18.8. The van der Waals surface area contributed by atoms with E-state index in [1.165, 1.54) is 43.4 Å². The molecule has 0 bridgehead atoms. The third-order valence-electron chi connectivity index (χ3n) is 5.11. The van der Waals surface area contributed by atoms with Crippen molar-refractivity contribution in [2.45, 2.75) is 82.9 Å². The second-order valence-corrected chi connectivity index (χ2v) is 6.66. The second-order valence-electron chi connectivity index (χ2n) is 6.66. The molecule has 21 heavy (non-hydrogen) atoms. The maximum Gasteiger partial charge on any atom is 0.0781 e. The lowest BCUT2D eigenvalue weighted by atomic mass is 9.92. The van der Waals surface area contributed by atoms with Crippen LogP contribution in [-0.2, 0) is 6.42 Å². The van der Waals surface area contributed by atoms with Crippen LogP contribution in [-0.4, -0.2) is 27.5 Å². The Morgan fingerprint density at radius 3 is 2.95 bits per heavy atom. The van der Waals surface area contributed by atoms with E-state index in [0.29, 0.717) is 6.04 Å². The lowest BCUT2D eigenvalue weighted by molar-refractivity contribution is 0.0970. The van der Waals surface area contributed by atoms with E-state index in [1.54, 1.807) is 0 Å². The van der Waals surface area contributed by atoms with Crippen LogP contribution in [0.5, 0.6) is 0 Å². The SMILES string of the molecule is CCCNC1CCCc2c1cnn2C1CCCCCC1O. The molecule has 0 saturated heterocycles. The molecule has 118 valence electrons. The number of aliphatic hydroxyl groups is 1. The van der Waals surface area contributed by atoms with E-state index in [1.807, 2.05) is 0 Å². The van der Waals surface area contributed by atoms with Crippen molar-refractivity contribution >= 4 is 0 Å². The molecule has 2 N–H and O–H groups in total. The summed E-state index contributed by atoms with van der Waals surface area (Å²) in [4.78, 5) is 0. The number of fused-ring (bicyclic) bond motifs is 1. The van der Waals surface area contributed by atoms with Gasteiger partial charge in [0.15, 0.2) is 0 Å². The average molecular weight is 291 g/mol. The van der Waals surface area contributed by atoms with E-state index >= 15 is 0 Å². The third kappa shape index (κ3) is 3.16. The molecule has 1 heterocycles. The number of nitrogens with one attached hydrogen (secondary N) is 1. The van der Waals surface area contributed by atoms with Gasteiger partial charge < -0.3 is 10.4 Å². The third-order valence-corrected chi connectivity index (χ3v) is 5.11. The van der Waals surface area contributed by atoms with Crippen LogP contribution in [0, 0.1) is 0 Å². The summed E-state index contributed by atoms with van der Waals surface area (Å²) in [7, 11) is 0. The molecule has 1 saturated carbocycles. The number of nitrogens with zero attached hydrogens (tertiary/aromatic N) is 2. The minimum Gasteiger partial charge on any atom is -0.391 e. The zero-order chi connectivity index (χ0) is 14.7. The minimum atomic E-state index is -0.222. The molecule has 0 radical (unpaired) electrons. The quantitative estimate of drug-likeness (QED) is 0.838. The fourth-order valence-electron chi connectivity index (χ4n) is 3.95. The molecule has 3 unspecified atom stereocenters. The van der Waals surface area contributed by atoms with E-state index in [-0.39, 0.29) is 12.1 Å². The first-order valence-electron chi connectivity index (χ1n) is 8.79. The van der Waals surface area contributed by atoms with Crippen molar-refractivity contribution in [1.82, 2.24) is 15.1 Å². The Balaban J connectivity index is 1.82. The van der Waals surface area contributed by atoms with Gasteiger partial charge in [-0.2, -0.15) is 5.10 Å². The van der Waals surface area contributed by atoms with Crippen molar-refractivity contribution < 1.29 is 5.11 Å². The normalized spacial score (nSPS) is 29.9. The van der Waals surface area contributed by atoms with E-state index < -0.39 is 0 Å². The fraction of sp³-hybridized carbons (Fsp3) is 0.824. The summed E-state index contributed by atoms with van der Waals surface area (Å²) < 4.78 is 2.17. The molecule has 4 heteroatoms. The van der Waals surface area contributed by atoms with E-state index in [0.717, 1.165) is 32.2 Å². The number of rotatable bonds is 4. The first-order chi connectivity index (χ1) is 10.3. The van der Waals surface area contributed by atoms with Crippen LogP contribution in [0.25, 0.3) is 0 Å². The van der Waals surface area contributed by atoms with Crippen LogP contribution in [0.1, 0.15) is 81.6 Å². The van der Waals surface area contributed by atoms with Gasteiger partial charge in [0, 0.05) is 17.3 Å². The van der Waals surface area contributed by atoms with Gasteiger partial charge in [-0.25, -0.2) is 0 Å². The zero-order valence-corrected chi connectivity index (χ0v) is 13.2. The monoisotopic (exact) mass is 291 g/mol. The zero-order valence-electron chi connectivity index (χ0n) is 13.2. The average Bonchev–Trinajstić information content (AvgIpc) is 2.81. The van der Waals surface area contributed by atoms with E-state index in [2.05, 4.69) is 28.2 Å². The van der Waals surface area contributed by atoms with Gasteiger partial charge in [0.2, 0.25) is 0 Å². The maximum atomic E-state index is 10.5. The molecule has 0 spiro atoms. The molecule has 2 aliphatic carbocycles. The predicted octanol–water partition coefficient (Wildman–Crippen LogP) is 3.13. The highest BCUT2D eigenvalue weighted by Gasteiger charge is 2.30. The molecule has 0 aliphatic heterocycles. The molecular weight excluding hydrogens is 262 g/mol. The van der Waals surface area contributed by atoms with Gasteiger partial charge in [-0.05, 0) is 45.1 Å². The van der Waals surface area contributed by atoms with Crippen LogP contribution < -0.4 is 5.32 Å². The Kier molecular flexibility index (Phi) is 4.96. The number of hydrogen-bond donors (Lipinski definition) is 2. The van der Waals surface area contributed by atoms with Crippen LogP contribution in [0.15, 0.2) is 6.20 Å². The Labute approximate surface area is 127 Å². The van der Waals surface area contributed by atoms with Gasteiger partial charge in [0.1, 0.15) is 0 Å². The Hall–Kier alpha value is -0.870. The van der Waals surface area contributed by atoms with Crippen molar-refractivity contribution in [2.24, 2.45) is 0 Å². The summed E-state index contributed by atoms with van der Waals surface area (Å²) in [5.74, 6) is 0. The van der Waals surface area contributed by atoms with Crippen molar-refractivity contribution in [3.63, 3.8) is 0 Å². The predicted molar refractivity (Wildman–Crippen MR) is 84.3 cm³/mol. The summed E-state index contributed by atoms with van der Waals surface area (Å²) in [6.07, 6.45) is 12.2. The van der Waals surface area contributed by atoms with Crippen LogP contribution >= 0.6 is 0 Å². The molecule has 1 fully saturated rings. The van der Waals surface area contributed by atoms with Gasteiger partial charge in [0.25, 0.3) is 0 Å². The van der Waals surface area contributed by atoms with Crippen LogP contribution in [0.3, 0.4) is 0 Å². The Morgan fingerprint density at radius 2 is 2.10 bits per heavy atom. The molecule has 1 aromatic heterocycles. The molecule has 3 rings (SSSR count). The minimum absolute atomic E-state index is 0.196. The van der Waals surface area contributed by atoms with Gasteiger partial charge in [-0.1, -0.05) is 26.2 Å². The van der Waals surface area contributed by atoms with Crippen molar-refractivity contribution in [3.05, 3.63) is 17.5 Å². The number of aromatic nitrogens is 2. The Bertz CT molecular complexity index is 457. The number of aliphatic hydroxyl groups excluding tert-OH is 1. The lowest BCUT2D eigenvalue weighted by Gasteiger charge is -2.28. The Morgan fingerprint density at radius 1 is 1.24 bits per heavy atom. The first kappa shape index (κ1) is 15.0. The summed E-state index contributed by atoms with van der Waals surface area (Å²) in [6, 6.07) is 0.659. The molecule has 4 nitrogen and oxygen atoms in total. The van der Waals surface area contributed by atoms with Gasteiger partial charge in [0.05, 0.1) is 18.3 Å². The molecule has 1 aromatic rings. The molecule has 2 aliphatic rings. The lowest BCUT2D eigenvalue weighted by Crippen LogP contribution is -2.29. The number of hydrogen-bond acceptors (Lipinski definition) is 3. The smallest absolute Gasteiger partial charge is 0.0781 e. The second kappa shape index (κ2) is 6.93. The molecular formula is C17H29N3O. The van der Waals surface area contributed by atoms with Crippen molar-refractivity contribution in [1.29, 1.82) is 0 Å². The molecule has 0 amide bonds. The van der Waals surface area contributed by atoms with Gasteiger partial charge in [-0.3, -0.25) is 4.68 Å². The van der Waals surface area contributed by atoms with Gasteiger partial charge in [-0.15, -0.1) is 0 Å². The highest BCUT2D eigenvalue weighted by Crippen LogP contribution is 2.34. The van der Waals surface area contributed by atoms with Crippen LogP contribution in [0.2, 0.25) is 0 Å².